The highest BCUT2D eigenvalue weighted by Gasteiger charge is 2.20. The van der Waals surface area contributed by atoms with E-state index in [-0.39, 0.29) is 37.8 Å². The smallest absolute Gasteiger partial charge is 0.303 e. The first-order valence-electron chi connectivity index (χ1n) is 8.34. The number of aliphatic hydroxyl groups excluding tert-OH is 1. The average molecular weight is 399 g/mol. The van der Waals surface area contributed by atoms with Gasteiger partial charge in [0.1, 0.15) is 5.75 Å². The van der Waals surface area contributed by atoms with Crippen molar-refractivity contribution < 1.29 is 29.3 Å². The van der Waals surface area contributed by atoms with Gasteiger partial charge in [0.15, 0.2) is 6.17 Å². The topological polar surface area (TPSA) is 137 Å². The number of benzene rings is 1. The summed E-state index contributed by atoms with van der Waals surface area (Å²) in [7, 11) is 0. The van der Waals surface area contributed by atoms with Gasteiger partial charge in [-0.05, 0) is 36.9 Å². The monoisotopic (exact) mass is 399 g/mol. The van der Waals surface area contributed by atoms with Crippen molar-refractivity contribution in [3.8, 4) is 5.75 Å². The van der Waals surface area contributed by atoms with Gasteiger partial charge < -0.3 is 30.9 Å². The van der Waals surface area contributed by atoms with Crippen LogP contribution in [0.25, 0.3) is 0 Å². The Hall–Kier alpha value is -2.46. The predicted octanol–water partition coefficient (Wildman–Crippen LogP) is 0.256. The molecule has 1 unspecified atom stereocenters. The first-order valence-corrected chi connectivity index (χ1v) is 9.73. The predicted molar refractivity (Wildman–Crippen MR) is 103 cm³/mol. The van der Waals surface area contributed by atoms with E-state index in [4.69, 9.17) is 14.9 Å². The summed E-state index contributed by atoms with van der Waals surface area (Å²) >= 11 is 1.34. The van der Waals surface area contributed by atoms with Gasteiger partial charge in [-0.2, -0.15) is 11.8 Å². The molecule has 1 atom stereocenters. The molecule has 1 aromatic carbocycles. The van der Waals surface area contributed by atoms with Crippen molar-refractivity contribution in [2.75, 3.05) is 37.1 Å². The fourth-order valence-corrected chi connectivity index (χ4v) is 2.36. The number of carboxylic acids is 1. The number of aliphatic hydroxyl groups is 1. The molecule has 0 heterocycles. The molecule has 0 aromatic heterocycles. The fraction of sp³-hybridized carbons (Fsp3) is 0.471. The van der Waals surface area contributed by atoms with Gasteiger partial charge in [0, 0.05) is 18.7 Å². The minimum atomic E-state index is -0.987. The van der Waals surface area contributed by atoms with Crippen molar-refractivity contribution in [1.82, 2.24) is 10.6 Å². The highest BCUT2D eigenvalue weighted by atomic mass is 32.2. The molecule has 1 aromatic rings. The summed E-state index contributed by atoms with van der Waals surface area (Å²) in [5.74, 6) is -0.843. The summed E-state index contributed by atoms with van der Waals surface area (Å²) in [6.07, 6.45) is 1.24. The molecule has 0 aliphatic heterocycles. The fourth-order valence-electron chi connectivity index (χ4n) is 2.01. The van der Waals surface area contributed by atoms with Crippen LogP contribution < -0.4 is 20.7 Å². The summed E-state index contributed by atoms with van der Waals surface area (Å²) in [6, 6.07) is 6.71. The summed E-state index contributed by atoms with van der Waals surface area (Å²) in [5.41, 5.74) is 0.585. The van der Waals surface area contributed by atoms with Crippen molar-refractivity contribution in [3.63, 3.8) is 0 Å². The lowest BCUT2D eigenvalue weighted by atomic mass is 10.2. The second kappa shape index (κ2) is 12.8. The number of nitrogens with one attached hydrogen (secondary N) is 3. The molecular weight excluding hydrogens is 374 g/mol. The Bertz CT molecular complexity index is 611. The number of aliphatic carboxylic acids is 1. The van der Waals surface area contributed by atoms with E-state index in [2.05, 4.69) is 16.0 Å². The third-order valence-corrected chi connectivity index (χ3v) is 3.77. The normalized spacial score (nSPS) is 11.3. The third kappa shape index (κ3) is 9.71. The van der Waals surface area contributed by atoms with E-state index in [0.717, 1.165) is 0 Å². The zero-order valence-corrected chi connectivity index (χ0v) is 15.9. The molecular formula is C17H25N3O6S. The molecule has 0 aliphatic carbocycles. The van der Waals surface area contributed by atoms with Crippen LogP contribution in [0.2, 0.25) is 0 Å². The first-order chi connectivity index (χ1) is 13.0. The highest BCUT2D eigenvalue weighted by Crippen LogP contribution is 2.16. The molecule has 0 bridgehead atoms. The molecule has 9 nitrogen and oxygen atoms in total. The van der Waals surface area contributed by atoms with Gasteiger partial charge in [0.05, 0.1) is 19.0 Å². The Morgan fingerprint density at radius 1 is 1.22 bits per heavy atom. The molecule has 1 rings (SSSR count). The molecule has 5 N–H and O–H groups in total. The molecule has 0 saturated carbocycles. The van der Waals surface area contributed by atoms with Crippen LogP contribution in [0.5, 0.6) is 5.75 Å². The lowest BCUT2D eigenvalue weighted by Gasteiger charge is -2.20. The van der Waals surface area contributed by atoms with Crippen LogP contribution in [0.15, 0.2) is 24.3 Å². The molecule has 10 heteroatoms. The lowest BCUT2D eigenvalue weighted by Crippen LogP contribution is -2.52. The van der Waals surface area contributed by atoms with E-state index in [1.807, 2.05) is 0 Å². The second-order valence-corrected chi connectivity index (χ2v) is 6.33. The standard InChI is InChI=1S/C17H25N3O6S/c1-27-11-14(22)20-16(17(25)18-8-9-21)19-12-4-6-13(7-5-12)26-10-2-3-15(23)24/h4-7,16,19,21H,2-3,8-11H2,1H3,(H,18,25)(H,20,22)(H,23,24). The highest BCUT2D eigenvalue weighted by molar-refractivity contribution is 7.99. The number of hydrogen-bond donors (Lipinski definition) is 5. The minimum absolute atomic E-state index is 0.0417. The van der Waals surface area contributed by atoms with Crippen LogP contribution in [0, 0.1) is 0 Å². The van der Waals surface area contributed by atoms with Gasteiger partial charge in [-0.15, -0.1) is 0 Å². The van der Waals surface area contributed by atoms with Crippen LogP contribution >= 0.6 is 11.8 Å². The number of ether oxygens (including phenoxy) is 1. The number of carboxylic acid groups (broad SMARTS) is 1. The van der Waals surface area contributed by atoms with Crippen molar-refractivity contribution in [3.05, 3.63) is 24.3 Å². The molecule has 0 fully saturated rings. The van der Waals surface area contributed by atoms with E-state index in [1.54, 1.807) is 30.5 Å². The molecule has 2 amide bonds. The largest absolute Gasteiger partial charge is 0.494 e. The van der Waals surface area contributed by atoms with Gasteiger partial charge in [-0.25, -0.2) is 0 Å². The lowest BCUT2D eigenvalue weighted by molar-refractivity contribution is -0.137. The number of amides is 2. The molecule has 150 valence electrons. The van der Waals surface area contributed by atoms with Crippen LogP contribution in [0.3, 0.4) is 0 Å². The van der Waals surface area contributed by atoms with E-state index in [0.29, 0.717) is 17.9 Å². The van der Waals surface area contributed by atoms with Gasteiger partial charge in [0.25, 0.3) is 5.91 Å². The number of rotatable bonds is 13. The maximum atomic E-state index is 12.2. The van der Waals surface area contributed by atoms with Crippen molar-refractivity contribution in [1.29, 1.82) is 0 Å². The van der Waals surface area contributed by atoms with Crippen molar-refractivity contribution in [2.24, 2.45) is 0 Å². The van der Waals surface area contributed by atoms with Gasteiger partial charge in [0.2, 0.25) is 5.91 Å². The number of carbonyl (C=O) groups is 3. The first kappa shape index (κ1) is 22.6. The van der Waals surface area contributed by atoms with E-state index >= 15 is 0 Å². The van der Waals surface area contributed by atoms with Crippen LogP contribution in [-0.4, -0.2) is 65.9 Å². The average Bonchev–Trinajstić information content (AvgIpc) is 2.64. The van der Waals surface area contributed by atoms with Crippen molar-refractivity contribution in [2.45, 2.75) is 19.0 Å². The molecule has 0 spiro atoms. The number of anilines is 1. The van der Waals surface area contributed by atoms with Gasteiger partial charge in [-0.3, -0.25) is 14.4 Å². The maximum absolute atomic E-state index is 12.2. The molecule has 27 heavy (non-hydrogen) atoms. The van der Waals surface area contributed by atoms with Crippen LogP contribution in [0.4, 0.5) is 5.69 Å². The Labute approximate surface area is 161 Å². The van der Waals surface area contributed by atoms with Crippen molar-refractivity contribution >= 4 is 35.2 Å². The Kier molecular flexibility index (Phi) is 10.7. The van der Waals surface area contributed by atoms with E-state index < -0.39 is 18.0 Å². The van der Waals surface area contributed by atoms with Gasteiger partial charge in [-0.1, -0.05) is 0 Å². The number of thioether (sulfide) groups is 1. The number of carbonyl (C=O) groups excluding carboxylic acids is 2. The minimum Gasteiger partial charge on any atom is -0.494 e. The summed E-state index contributed by atoms with van der Waals surface area (Å²) in [6.45, 7) is 0.166. The quantitative estimate of drug-likeness (QED) is 0.235. The zero-order chi connectivity index (χ0) is 20.1. The van der Waals surface area contributed by atoms with Crippen LogP contribution in [-0.2, 0) is 14.4 Å². The van der Waals surface area contributed by atoms with E-state index in [1.165, 1.54) is 11.8 Å². The van der Waals surface area contributed by atoms with Gasteiger partial charge >= 0.3 is 5.97 Å². The summed E-state index contributed by atoms with van der Waals surface area (Å²) < 4.78 is 5.44. The SMILES string of the molecule is CSCC(=O)NC(Nc1ccc(OCCCC(=O)O)cc1)C(=O)NCCO. The Balaban J connectivity index is 2.63. The third-order valence-electron chi connectivity index (χ3n) is 3.22. The molecule has 0 radical (unpaired) electrons. The second-order valence-electron chi connectivity index (χ2n) is 5.46. The van der Waals surface area contributed by atoms with E-state index in [9.17, 15) is 14.4 Å². The molecule has 0 aliphatic rings. The zero-order valence-electron chi connectivity index (χ0n) is 15.1. The van der Waals surface area contributed by atoms with Crippen LogP contribution in [0.1, 0.15) is 12.8 Å². The number of hydrogen-bond acceptors (Lipinski definition) is 7. The summed E-state index contributed by atoms with van der Waals surface area (Å²) in [5, 5.41) is 25.4. The maximum Gasteiger partial charge on any atom is 0.303 e. The Morgan fingerprint density at radius 3 is 2.52 bits per heavy atom. The Morgan fingerprint density at radius 2 is 1.93 bits per heavy atom. The summed E-state index contributed by atoms with van der Waals surface area (Å²) in [4.78, 5) is 34.4. The molecule has 0 saturated heterocycles.